The molecule has 0 unspecified atom stereocenters. The number of thiophene rings is 1. The van der Waals surface area contributed by atoms with Crippen LogP contribution in [0.5, 0.6) is 0 Å². The van der Waals surface area contributed by atoms with Crippen molar-refractivity contribution >= 4 is 34.8 Å². The lowest BCUT2D eigenvalue weighted by Crippen LogP contribution is -2.29. The van der Waals surface area contributed by atoms with Gasteiger partial charge in [0.25, 0.3) is 5.91 Å². The third kappa shape index (κ3) is 3.43. The van der Waals surface area contributed by atoms with Crippen LogP contribution in [0, 0.1) is 0 Å². The monoisotopic (exact) mass is 449 g/mol. The molecule has 1 fully saturated rings. The van der Waals surface area contributed by atoms with E-state index in [9.17, 15) is 9.59 Å². The summed E-state index contributed by atoms with van der Waals surface area (Å²) in [6, 6.07) is 7.58. The summed E-state index contributed by atoms with van der Waals surface area (Å²) >= 11 is 1.42. The highest BCUT2D eigenvalue weighted by Crippen LogP contribution is 2.57. The van der Waals surface area contributed by atoms with Gasteiger partial charge in [0, 0.05) is 65.0 Å². The van der Waals surface area contributed by atoms with Crippen LogP contribution in [0.3, 0.4) is 0 Å². The molecule has 0 saturated heterocycles. The first kappa shape index (κ1) is 20.6. The molecule has 3 aromatic rings. The molecule has 0 atom stereocenters. The Hall–Kier alpha value is -3.30. The van der Waals surface area contributed by atoms with Crippen LogP contribution in [0.1, 0.15) is 39.1 Å². The fourth-order valence-corrected chi connectivity index (χ4v) is 5.12. The Balaban J connectivity index is 1.46. The first-order valence-electron chi connectivity index (χ1n) is 10.4. The van der Waals surface area contributed by atoms with Gasteiger partial charge in [-0.05, 0) is 36.6 Å². The second kappa shape index (κ2) is 7.68. The van der Waals surface area contributed by atoms with E-state index in [4.69, 9.17) is 10.8 Å². The minimum Gasteiger partial charge on any atom is -0.395 e. The lowest BCUT2D eigenvalue weighted by molar-refractivity contribution is 0.0767. The summed E-state index contributed by atoms with van der Waals surface area (Å²) in [5, 5.41) is 10.9. The van der Waals surface area contributed by atoms with E-state index in [0.717, 1.165) is 35.5 Å². The Labute approximate surface area is 189 Å². The zero-order valence-corrected chi connectivity index (χ0v) is 18.4. The van der Waals surface area contributed by atoms with Crippen molar-refractivity contribution in [2.24, 2.45) is 5.73 Å². The number of primary amides is 1. The van der Waals surface area contributed by atoms with Crippen LogP contribution in [0.4, 0.5) is 11.6 Å². The SMILES string of the molecule is CN(CCO)C(=O)c1ccc2c(c1)N(c1ncc(-c3cc(C(N)=O)cs3)cn1)CC21CC1. The number of amides is 2. The van der Waals surface area contributed by atoms with E-state index < -0.39 is 5.91 Å². The Morgan fingerprint density at radius 1 is 1.22 bits per heavy atom. The highest BCUT2D eigenvalue weighted by atomic mass is 32.1. The van der Waals surface area contributed by atoms with Gasteiger partial charge in [0.2, 0.25) is 11.9 Å². The van der Waals surface area contributed by atoms with E-state index >= 15 is 0 Å². The number of carbonyl (C=O) groups excluding carboxylic acids is 2. The van der Waals surface area contributed by atoms with Gasteiger partial charge in [0.15, 0.2) is 0 Å². The van der Waals surface area contributed by atoms with Crippen LogP contribution < -0.4 is 10.6 Å². The standard InChI is InChI=1S/C23H23N5O3S/c1-27(6-7-29)21(31)14-2-3-17-18(8-14)28(13-23(17)4-5-23)22-25-10-16(11-26-22)19-9-15(12-32-19)20(24)30/h2-3,8-12,29H,4-7,13H2,1H3,(H2,24,30). The lowest BCUT2D eigenvalue weighted by Gasteiger charge is -2.19. The van der Waals surface area contributed by atoms with Crippen LogP contribution in [0.2, 0.25) is 0 Å². The van der Waals surface area contributed by atoms with Crippen LogP contribution in [-0.2, 0) is 5.41 Å². The lowest BCUT2D eigenvalue weighted by atomic mass is 9.97. The molecule has 32 heavy (non-hydrogen) atoms. The van der Waals surface area contributed by atoms with Crippen LogP contribution in [-0.4, -0.2) is 58.5 Å². The van der Waals surface area contributed by atoms with E-state index in [0.29, 0.717) is 17.1 Å². The number of rotatable bonds is 6. The molecule has 2 aromatic heterocycles. The molecule has 164 valence electrons. The smallest absolute Gasteiger partial charge is 0.253 e. The number of hydrogen-bond donors (Lipinski definition) is 2. The summed E-state index contributed by atoms with van der Waals surface area (Å²) in [6.07, 6.45) is 5.72. The molecule has 3 heterocycles. The summed E-state index contributed by atoms with van der Waals surface area (Å²) in [4.78, 5) is 37.8. The Morgan fingerprint density at radius 3 is 2.59 bits per heavy atom. The van der Waals surface area contributed by atoms with E-state index in [1.807, 2.05) is 18.2 Å². The van der Waals surface area contributed by atoms with E-state index in [2.05, 4.69) is 14.9 Å². The number of carbonyl (C=O) groups is 2. The third-order valence-electron chi connectivity index (χ3n) is 6.25. The summed E-state index contributed by atoms with van der Waals surface area (Å²) < 4.78 is 0. The van der Waals surface area contributed by atoms with Gasteiger partial charge in [0.1, 0.15) is 0 Å². The number of nitrogens with two attached hydrogens (primary N) is 1. The highest BCUT2D eigenvalue weighted by molar-refractivity contribution is 7.13. The van der Waals surface area contributed by atoms with Gasteiger partial charge >= 0.3 is 0 Å². The van der Waals surface area contributed by atoms with Gasteiger partial charge in [-0.1, -0.05) is 6.07 Å². The van der Waals surface area contributed by atoms with Gasteiger partial charge in [-0.15, -0.1) is 11.3 Å². The highest BCUT2D eigenvalue weighted by Gasteiger charge is 2.52. The molecule has 1 saturated carbocycles. The number of benzene rings is 1. The first-order valence-corrected chi connectivity index (χ1v) is 11.3. The topological polar surface area (TPSA) is 113 Å². The van der Waals surface area contributed by atoms with Crippen molar-refractivity contribution in [2.45, 2.75) is 18.3 Å². The van der Waals surface area contributed by atoms with E-state index in [-0.39, 0.29) is 24.5 Å². The molecule has 1 aromatic carbocycles. The fraction of sp³-hybridized carbons (Fsp3) is 0.304. The van der Waals surface area contributed by atoms with Gasteiger partial charge in [-0.25, -0.2) is 9.97 Å². The van der Waals surface area contributed by atoms with Gasteiger partial charge in [-0.3, -0.25) is 9.59 Å². The molecular formula is C23H23N5O3S. The van der Waals surface area contributed by atoms with Crippen LogP contribution in [0.25, 0.3) is 10.4 Å². The number of nitrogens with zero attached hydrogens (tertiary/aromatic N) is 4. The molecule has 3 N–H and O–H groups in total. The maximum absolute atomic E-state index is 12.7. The minimum absolute atomic E-state index is 0.0756. The molecule has 5 rings (SSSR count). The molecule has 9 heteroatoms. The Bertz CT molecular complexity index is 1200. The molecule has 8 nitrogen and oxygen atoms in total. The number of aliphatic hydroxyl groups excluding tert-OH is 1. The van der Waals surface area contributed by atoms with Crippen molar-refractivity contribution in [3.63, 3.8) is 0 Å². The van der Waals surface area contributed by atoms with Crippen molar-refractivity contribution in [3.05, 3.63) is 58.7 Å². The number of likely N-dealkylation sites (N-methyl/N-ethyl adjacent to an activating group) is 1. The van der Waals surface area contributed by atoms with Gasteiger partial charge < -0.3 is 20.6 Å². The number of hydrogen-bond acceptors (Lipinski definition) is 7. The third-order valence-corrected chi connectivity index (χ3v) is 7.23. The fourth-order valence-electron chi connectivity index (χ4n) is 4.24. The molecule has 0 radical (unpaired) electrons. The van der Waals surface area contributed by atoms with Crippen LogP contribution >= 0.6 is 11.3 Å². The molecular weight excluding hydrogens is 426 g/mol. The van der Waals surface area contributed by atoms with Crippen molar-refractivity contribution in [1.82, 2.24) is 14.9 Å². The average molecular weight is 450 g/mol. The maximum Gasteiger partial charge on any atom is 0.253 e. The molecule has 2 aliphatic rings. The number of aliphatic hydroxyl groups is 1. The van der Waals surface area contributed by atoms with Crippen molar-refractivity contribution in [1.29, 1.82) is 0 Å². The largest absolute Gasteiger partial charge is 0.395 e. The summed E-state index contributed by atoms with van der Waals surface area (Å²) in [6.45, 7) is 0.999. The quantitative estimate of drug-likeness (QED) is 0.598. The summed E-state index contributed by atoms with van der Waals surface area (Å²) in [7, 11) is 1.68. The second-order valence-electron chi connectivity index (χ2n) is 8.38. The Morgan fingerprint density at radius 2 is 1.97 bits per heavy atom. The van der Waals surface area contributed by atoms with E-state index in [1.165, 1.54) is 21.8 Å². The number of aromatic nitrogens is 2. The molecule has 2 amide bonds. The van der Waals surface area contributed by atoms with Crippen molar-refractivity contribution in [2.75, 3.05) is 31.6 Å². The molecule has 1 spiro atoms. The van der Waals surface area contributed by atoms with Crippen molar-refractivity contribution in [3.8, 4) is 10.4 Å². The van der Waals surface area contributed by atoms with Gasteiger partial charge in [-0.2, -0.15) is 0 Å². The Kier molecular flexibility index (Phi) is 4.94. The zero-order valence-electron chi connectivity index (χ0n) is 17.6. The first-order chi connectivity index (χ1) is 15.4. The van der Waals surface area contributed by atoms with E-state index in [1.54, 1.807) is 30.9 Å². The predicted molar refractivity (Wildman–Crippen MR) is 122 cm³/mol. The number of anilines is 2. The van der Waals surface area contributed by atoms with Gasteiger partial charge in [0.05, 0.1) is 12.2 Å². The average Bonchev–Trinajstić information content (AvgIpc) is 3.27. The summed E-state index contributed by atoms with van der Waals surface area (Å²) in [5.74, 6) is -0.0000372. The predicted octanol–water partition coefficient (Wildman–Crippen LogP) is 2.55. The molecule has 0 bridgehead atoms. The molecule has 1 aliphatic carbocycles. The zero-order chi connectivity index (χ0) is 22.5. The second-order valence-corrected chi connectivity index (χ2v) is 9.30. The normalized spacial score (nSPS) is 15.6. The number of fused-ring (bicyclic) bond motifs is 2. The van der Waals surface area contributed by atoms with Crippen molar-refractivity contribution < 1.29 is 14.7 Å². The maximum atomic E-state index is 12.7. The minimum atomic E-state index is -0.455. The molecule has 1 aliphatic heterocycles. The summed E-state index contributed by atoms with van der Waals surface area (Å²) in [5.41, 5.74) is 9.53. The van der Waals surface area contributed by atoms with Crippen LogP contribution in [0.15, 0.2) is 42.0 Å².